The van der Waals surface area contributed by atoms with Gasteiger partial charge in [-0.05, 0) is 38.5 Å². The molecule has 0 aliphatic carbocycles. The van der Waals surface area contributed by atoms with Crippen LogP contribution in [0.1, 0.15) is 35.9 Å². The number of rotatable bonds is 7. The highest BCUT2D eigenvalue weighted by molar-refractivity contribution is 5.94. The lowest BCUT2D eigenvalue weighted by molar-refractivity contribution is -0.115. The van der Waals surface area contributed by atoms with Crippen LogP contribution in [0.4, 0.5) is 16.2 Å². The summed E-state index contributed by atoms with van der Waals surface area (Å²) in [6.45, 7) is 7.94. The Balaban J connectivity index is 2.18. The summed E-state index contributed by atoms with van der Waals surface area (Å²) in [7, 11) is 1.86. The van der Waals surface area contributed by atoms with Gasteiger partial charge in [-0.3, -0.25) is 9.48 Å². The van der Waals surface area contributed by atoms with Crippen molar-refractivity contribution in [2.24, 2.45) is 7.05 Å². The standard InChI is InChI=1S/C20H29N5O3/c1-6-19(27)22-18-11-16(8-7-13(18)2)21-20(28)25(9-10-26)12-17-14(3)23-24(5)15(17)4/h7-8,11,26H,6,9-10,12H2,1-5H3,(H,21,28)(H,22,27). The van der Waals surface area contributed by atoms with Gasteiger partial charge in [-0.2, -0.15) is 5.10 Å². The summed E-state index contributed by atoms with van der Waals surface area (Å²) >= 11 is 0. The summed E-state index contributed by atoms with van der Waals surface area (Å²) in [6, 6.07) is 5.03. The van der Waals surface area contributed by atoms with Crippen LogP contribution >= 0.6 is 0 Å². The number of hydrogen-bond donors (Lipinski definition) is 3. The molecule has 2 rings (SSSR count). The van der Waals surface area contributed by atoms with E-state index in [9.17, 15) is 14.7 Å². The molecule has 2 aromatic rings. The molecule has 0 fully saturated rings. The van der Waals surface area contributed by atoms with E-state index >= 15 is 0 Å². The molecule has 0 saturated carbocycles. The quantitative estimate of drug-likeness (QED) is 0.680. The Morgan fingerprint density at radius 1 is 1.21 bits per heavy atom. The molecule has 0 saturated heterocycles. The molecule has 3 N–H and O–H groups in total. The SMILES string of the molecule is CCC(=O)Nc1cc(NC(=O)N(CCO)Cc2c(C)nn(C)c2C)ccc1C. The van der Waals surface area contributed by atoms with E-state index in [1.165, 1.54) is 0 Å². The maximum absolute atomic E-state index is 12.8. The molecule has 0 unspecified atom stereocenters. The number of carbonyl (C=O) groups excluding carboxylic acids is 2. The lowest BCUT2D eigenvalue weighted by atomic mass is 10.1. The van der Waals surface area contributed by atoms with Crippen LogP contribution in [0.25, 0.3) is 0 Å². The van der Waals surface area contributed by atoms with Crippen LogP contribution in [0.15, 0.2) is 18.2 Å². The van der Waals surface area contributed by atoms with Crippen LogP contribution in [0.5, 0.6) is 0 Å². The van der Waals surface area contributed by atoms with E-state index in [0.29, 0.717) is 24.3 Å². The lowest BCUT2D eigenvalue weighted by Crippen LogP contribution is -2.36. The Morgan fingerprint density at radius 2 is 1.93 bits per heavy atom. The molecule has 8 heteroatoms. The lowest BCUT2D eigenvalue weighted by Gasteiger charge is -2.23. The predicted octanol–water partition coefficient (Wildman–Crippen LogP) is 2.72. The molecule has 1 aromatic carbocycles. The molecule has 1 aromatic heterocycles. The highest BCUT2D eigenvalue weighted by Crippen LogP contribution is 2.21. The maximum atomic E-state index is 12.8. The zero-order valence-corrected chi connectivity index (χ0v) is 17.2. The van der Waals surface area contributed by atoms with E-state index < -0.39 is 0 Å². The second kappa shape index (κ2) is 9.36. The Kier molecular flexibility index (Phi) is 7.17. The molecule has 3 amide bonds. The first-order valence-corrected chi connectivity index (χ1v) is 9.33. The molecule has 0 atom stereocenters. The van der Waals surface area contributed by atoms with Crippen molar-refractivity contribution in [2.45, 2.75) is 40.7 Å². The summed E-state index contributed by atoms with van der Waals surface area (Å²) in [5.41, 5.74) is 4.95. The summed E-state index contributed by atoms with van der Waals surface area (Å²) in [4.78, 5) is 26.0. The molecule has 152 valence electrons. The monoisotopic (exact) mass is 387 g/mol. The van der Waals surface area contributed by atoms with E-state index in [1.807, 2.05) is 33.9 Å². The highest BCUT2D eigenvalue weighted by atomic mass is 16.3. The van der Waals surface area contributed by atoms with Gasteiger partial charge in [0, 0.05) is 42.6 Å². The van der Waals surface area contributed by atoms with Crippen molar-refractivity contribution in [3.8, 4) is 0 Å². The van der Waals surface area contributed by atoms with Gasteiger partial charge in [0.25, 0.3) is 0 Å². The number of nitrogens with one attached hydrogen (secondary N) is 2. The number of nitrogens with zero attached hydrogens (tertiary/aromatic N) is 3. The smallest absolute Gasteiger partial charge is 0.322 e. The van der Waals surface area contributed by atoms with Gasteiger partial charge in [0.15, 0.2) is 0 Å². The molecular weight excluding hydrogens is 358 g/mol. The van der Waals surface area contributed by atoms with Gasteiger partial charge in [0.2, 0.25) is 5.91 Å². The van der Waals surface area contributed by atoms with E-state index in [0.717, 1.165) is 22.5 Å². The highest BCUT2D eigenvalue weighted by Gasteiger charge is 2.19. The summed E-state index contributed by atoms with van der Waals surface area (Å²) in [5.74, 6) is -0.0870. The average molecular weight is 387 g/mol. The summed E-state index contributed by atoms with van der Waals surface area (Å²) in [5, 5.41) is 19.4. The number of aryl methyl sites for hydroxylation is 3. The third-order valence-corrected chi connectivity index (χ3v) is 4.75. The maximum Gasteiger partial charge on any atom is 0.322 e. The van der Waals surface area contributed by atoms with E-state index in [-0.39, 0.29) is 25.1 Å². The average Bonchev–Trinajstić information content (AvgIpc) is 2.89. The summed E-state index contributed by atoms with van der Waals surface area (Å²) in [6.07, 6.45) is 0.379. The molecule has 0 spiro atoms. The van der Waals surface area contributed by atoms with E-state index in [4.69, 9.17) is 0 Å². The topological polar surface area (TPSA) is 99.5 Å². The van der Waals surface area contributed by atoms with Gasteiger partial charge in [0.1, 0.15) is 0 Å². The molecule has 0 radical (unpaired) electrons. The minimum absolute atomic E-state index is 0.0870. The van der Waals surface area contributed by atoms with Crippen LogP contribution in [0.3, 0.4) is 0 Å². The third-order valence-electron chi connectivity index (χ3n) is 4.75. The number of amides is 3. The Labute approximate surface area is 165 Å². The van der Waals surface area contributed by atoms with Crippen molar-refractivity contribution in [3.05, 3.63) is 40.7 Å². The van der Waals surface area contributed by atoms with Crippen molar-refractivity contribution < 1.29 is 14.7 Å². The van der Waals surface area contributed by atoms with Crippen molar-refractivity contribution in [3.63, 3.8) is 0 Å². The van der Waals surface area contributed by atoms with Crippen molar-refractivity contribution >= 4 is 23.3 Å². The minimum Gasteiger partial charge on any atom is -0.395 e. The predicted molar refractivity (Wildman–Crippen MR) is 109 cm³/mol. The van der Waals surface area contributed by atoms with Crippen molar-refractivity contribution in [1.29, 1.82) is 0 Å². The molecule has 0 aliphatic heterocycles. The van der Waals surface area contributed by atoms with Crippen LogP contribution < -0.4 is 10.6 Å². The first kappa shape index (κ1) is 21.4. The van der Waals surface area contributed by atoms with Gasteiger partial charge in [0.05, 0.1) is 18.8 Å². The number of benzene rings is 1. The molecule has 28 heavy (non-hydrogen) atoms. The van der Waals surface area contributed by atoms with E-state index in [2.05, 4.69) is 15.7 Å². The fourth-order valence-corrected chi connectivity index (χ4v) is 2.89. The van der Waals surface area contributed by atoms with Gasteiger partial charge in [-0.25, -0.2) is 4.79 Å². The second-order valence-electron chi connectivity index (χ2n) is 6.78. The van der Waals surface area contributed by atoms with Gasteiger partial charge >= 0.3 is 6.03 Å². The Bertz CT molecular complexity index is 860. The largest absolute Gasteiger partial charge is 0.395 e. The molecule has 0 aliphatic rings. The van der Waals surface area contributed by atoms with Crippen LogP contribution in [0, 0.1) is 20.8 Å². The first-order chi connectivity index (χ1) is 13.3. The van der Waals surface area contributed by atoms with Crippen LogP contribution in [-0.4, -0.2) is 44.9 Å². The number of hydrogen-bond acceptors (Lipinski definition) is 4. The zero-order valence-electron chi connectivity index (χ0n) is 17.2. The van der Waals surface area contributed by atoms with Gasteiger partial charge in [-0.15, -0.1) is 0 Å². The number of aromatic nitrogens is 2. The number of carbonyl (C=O) groups is 2. The fourth-order valence-electron chi connectivity index (χ4n) is 2.89. The Morgan fingerprint density at radius 3 is 2.50 bits per heavy atom. The third kappa shape index (κ3) is 5.10. The van der Waals surface area contributed by atoms with Gasteiger partial charge < -0.3 is 20.6 Å². The Hall–Kier alpha value is -2.87. The normalized spacial score (nSPS) is 10.6. The first-order valence-electron chi connectivity index (χ1n) is 9.33. The van der Waals surface area contributed by atoms with Gasteiger partial charge in [-0.1, -0.05) is 13.0 Å². The number of urea groups is 1. The molecular formula is C20H29N5O3. The number of anilines is 2. The van der Waals surface area contributed by atoms with E-state index in [1.54, 1.807) is 28.6 Å². The number of aliphatic hydroxyl groups excluding tert-OH is 1. The fraction of sp³-hybridized carbons (Fsp3) is 0.450. The number of aliphatic hydroxyl groups is 1. The van der Waals surface area contributed by atoms with Crippen molar-refractivity contribution in [1.82, 2.24) is 14.7 Å². The molecule has 8 nitrogen and oxygen atoms in total. The summed E-state index contributed by atoms with van der Waals surface area (Å²) < 4.78 is 1.78. The van der Waals surface area contributed by atoms with Crippen LogP contribution in [0.2, 0.25) is 0 Å². The molecule has 1 heterocycles. The second-order valence-corrected chi connectivity index (χ2v) is 6.78. The minimum atomic E-state index is -0.326. The molecule has 0 bridgehead atoms. The zero-order chi connectivity index (χ0) is 20.8. The van der Waals surface area contributed by atoms with Crippen LogP contribution in [-0.2, 0) is 18.4 Å². The van der Waals surface area contributed by atoms with Crippen molar-refractivity contribution in [2.75, 3.05) is 23.8 Å².